The second kappa shape index (κ2) is 6.29. The van der Waals surface area contributed by atoms with Gasteiger partial charge in [0.25, 0.3) is 0 Å². The molecular weight excluding hydrogens is 341 g/mol. The maximum absolute atomic E-state index is 13.6. The lowest BCUT2D eigenvalue weighted by atomic mass is 10.0. The first-order chi connectivity index (χ1) is 11.8. The number of nitrogens with two attached hydrogens (primary N) is 1. The van der Waals surface area contributed by atoms with E-state index in [1.54, 1.807) is 0 Å². The SMILES string of the molecule is NCc1nc(-c2ccc(F)cc2)c(-c2ccc(F)cc2)n1C(F)(F)F. The molecule has 3 aromatic rings. The van der Waals surface area contributed by atoms with Crippen molar-refractivity contribution in [2.45, 2.75) is 12.8 Å². The maximum atomic E-state index is 13.6. The summed E-state index contributed by atoms with van der Waals surface area (Å²) < 4.78 is 67.1. The van der Waals surface area contributed by atoms with E-state index in [0.717, 1.165) is 24.3 Å². The molecule has 0 aliphatic heterocycles. The quantitative estimate of drug-likeness (QED) is 0.708. The van der Waals surface area contributed by atoms with E-state index in [2.05, 4.69) is 4.98 Å². The molecule has 0 saturated heterocycles. The molecule has 8 heteroatoms. The van der Waals surface area contributed by atoms with Crippen LogP contribution in [0, 0.1) is 11.6 Å². The summed E-state index contributed by atoms with van der Waals surface area (Å²) in [6.07, 6.45) is -4.77. The summed E-state index contributed by atoms with van der Waals surface area (Å²) in [4.78, 5) is 4.00. The maximum Gasteiger partial charge on any atom is 0.490 e. The van der Waals surface area contributed by atoms with Crippen molar-refractivity contribution in [3.63, 3.8) is 0 Å². The highest BCUT2D eigenvalue weighted by Gasteiger charge is 2.38. The third kappa shape index (κ3) is 3.25. The van der Waals surface area contributed by atoms with Gasteiger partial charge in [0.15, 0.2) is 0 Å². The molecule has 3 rings (SSSR count). The third-order valence-electron chi connectivity index (χ3n) is 3.62. The minimum atomic E-state index is -4.77. The van der Waals surface area contributed by atoms with E-state index in [9.17, 15) is 22.0 Å². The van der Waals surface area contributed by atoms with Gasteiger partial charge in [-0.25, -0.2) is 18.3 Å². The average molecular weight is 353 g/mol. The molecule has 130 valence electrons. The molecule has 0 bridgehead atoms. The van der Waals surface area contributed by atoms with Gasteiger partial charge in [-0.15, -0.1) is 13.2 Å². The number of halogens is 5. The summed E-state index contributed by atoms with van der Waals surface area (Å²) in [6, 6.07) is 9.46. The van der Waals surface area contributed by atoms with Gasteiger partial charge in [-0.3, -0.25) is 0 Å². The highest BCUT2D eigenvalue weighted by atomic mass is 19.4. The number of hydrogen-bond acceptors (Lipinski definition) is 2. The molecule has 3 nitrogen and oxygen atoms in total. The van der Waals surface area contributed by atoms with E-state index in [1.165, 1.54) is 24.3 Å². The van der Waals surface area contributed by atoms with E-state index in [-0.39, 0.29) is 21.5 Å². The van der Waals surface area contributed by atoms with Gasteiger partial charge in [0.1, 0.15) is 17.5 Å². The number of aromatic nitrogens is 2. The predicted molar refractivity (Wildman–Crippen MR) is 82.2 cm³/mol. The molecular formula is C17H12F5N3. The standard InChI is InChI=1S/C17H12F5N3/c18-12-5-1-10(2-6-12)15-16(11-3-7-13(19)8-4-11)25(17(20,21)22)14(9-23)24-15/h1-8H,9,23H2. The van der Waals surface area contributed by atoms with Crippen LogP contribution in [0.15, 0.2) is 48.5 Å². The Morgan fingerprint density at radius 3 is 1.76 bits per heavy atom. The molecule has 0 aliphatic carbocycles. The highest BCUT2D eigenvalue weighted by Crippen LogP contribution is 2.38. The van der Waals surface area contributed by atoms with Crippen LogP contribution >= 0.6 is 0 Å². The lowest BCUT2D eigenvalue weighted by Gasteiger charge is -2.15. The van der Waals surface area contributed by atoms with Gasteiger partial charge in [-0.1, -0.05) is 0 Å². The molecule has 0 amide bonds. The van der Waals surface area contributed by atoms with E-state index in [0.29, 0.717) is 5.56 Å². The Balaban J connectivity index is 2.33. The first-order valence-electron chi connectivity index (χ1n) is 7.22. The van der Waals surface area contributed by atoms with Crippen LogP contribution in [0.1, 0.15) is 5.82 Å². The van der Waals surface area contributed by atoms with Crippen LogP contribution in [-0.4, -0.2) is 9.55 Å². The first kappa shape index (κ1) is 17.1. The number of alkyl halides is 3. The molecule has 0 radical (unpaired) electrons. The van der Waals surface area contributed by atoms with Gasteiger partial charge < -0.3 is 5.73 Å². The van der Waals surface area contributed by atoms with Gasteiger partial charge in [-0.05, 0) is 48.5 Å². The molecule has 0 spiro atoms. The summed E-state index contributed by atoms with van der Waals surface area (Å²) in [6.45, 7) is -0.450. The molecule has 2 N–H and O–H groups in total. The van der Waals surface area contributed by atoms with Crippen LogP contribution in [0.4, 0.5) is 22.0 Å². The molecule has 0 unspecified atom stereocenters. The molecule has 1 heterocycles. The molecule has 2 aromatic carbocycles. The smallest absolute Gasteiger partial charge is 0.324 e. The summed E-state index contributed by atoms with van der Waals surface area (Å²) >= 11 is 0. The van der Waals surface area contributed by atoms with Crippen LogP contribution in [0.25, 0.3) is 22.5 Å². The van der Waals surface area contributed by atoms with E-state index >= 15 is 0 Å². The van der Waals surface area contributed by atoms with Gasteiger partial charge >= 0.3 is 6.30 Å². The minimum Gasteiger partial charge on any atom is -0.324 e. The fourth-order valence-corrected chi connectivity index (χ4v) is 2.56. The van der Waals surface area contributed by atoms with Crippen molar-refractivity contribution in [3.8, 4) is 22.5 Å². The summed E-state index contributed by atoms with van der Waals surface area (Å²) in [5.74, 6) is -1.50. The van der Waals surface area contributed by atoms with Crippen molar-refractivity contribution in [1.29, 1.82) is 0 Å². The Morgan fingerprint density at radius 2 is 1.32 bits per heavy atom. The number of imidazole rings is 1. The number of hydrogen-bond donors (Lipinski definition) is 1. The van der Waals surface area contributed by atoms with Crippen molar-refractivity contribution in [3.05, 3.63) is 66.0 Å². The molecule has 0 saturated carbocycles. The second-order valence-electron chi connectivity index (χ2n) is 5.25. The zero-order valence-corrected chi connectivity index (χ0v) is 12.7. The summed E-state index contributed by atoms with van der Waals surface area (Å²) in [5, 5.41) is 0. The zero-order valence-electron chi connectivity index (χ0n) is 12.7. The average Bonchev–Trinajstić information content (AvgIpc) is 2.96. The van der Waals surface area contributed by atoms with Gasteiger partial charge in [0.2, 0.25) is 0 Å². The lowest BCUT2D eigenvalue weighted by Crippen LogP contribution is -2.22. The normalized spacial score (nSPS) is 11.8. The fraction of sp³-hybridized carbons (Fsp3) is 0.118. The van der Waals surface area contributed by atoms with Crippen molar-refractivity contribution in [2.75, 3.05) is 0 Å². The van der Waals surface area contributed by atoms with E-state index in [1.807, 2.05) is 0 Å². The Bertz CT molecular complexity index is 880. The predicted octanol–water partition coefficient (Wildman–Crippen LogP) is 4.43. The lowest BCUT2D eigenvalue weighted by molar-refractivity contribution is -0.204. The van der Waals surface area contributed by atoms with Crippen molar-refractivity contribution >= 4 is 0 Å². The highest BCUT2D eigenvalue weighted by molar-refractivity contribution is 5.79. The minimum absolute atomic E-state index is 0.00983. The van der Waals surface area contributed by atoms with Crippen molar-refractivity contribution in [2.24, 2.45) is 5.73 Å². The van der Waals surface area contributed by atoms with Crippen LogP contribution in [0.2, 0.25) is 0 Å². The Hall–Kier alpha value is -2.74. The Morgan fingerprint density at radius 1 is 0.840 bits per heavy atom. The van der Waals surface area contributed by atoms with Gasteiger partial charge in [-0.2, -0.15) is 0 Å². The van der Waals surface area contributed by atoms with Crippen LogP contribution in [0.5, 0.6) is 0 Å². The molecule has 0 atom stereocenters. The van der Waals surface area contributed by atoms with Crippen LogP contribution in [-0.2, 0) is 12.8 Å². The molecule has 0 fully saturated rings. The van der Waals surface area contributed by atoms with Crippen LogP contribution in [0.3, 0.4) is 0 Å². The van der Waals surface area contributed by atoms with E-state index in [4.69, 9.17) is 5.73 Å². The van der Waals surface area contributed by atoms with Gasteiger partial charge in [0, 0.05) is 11.1 Å². The Kier molecular flexibility index (Phi) is 4.30. The summed E-state index contributed by atoms with van der Waals surface area (Å²) in [7, 11) is 0. The van der Waals surface area contributed by atoms with E-state index < -0.39 is 30.3 Å². The topological polar surface area (TPSA) is 43.8 Å². The largest absolute Gasteiger partial charge is 0.490 e. The van der Waals surface area contributed by atoms with Gasteiger partial charge in [0.05, 0.1) is 17.9 Å². The fourth-order valence-electron chi connectivity index (χ4n) is 2.56. The molecule has 25 heavy (non-hydrogen) atoms. The number of rotatable bonds is 3. The second-order valence-corrected chi connectivity index (χ2v) is 5.25. The summed E-state index contributed by atoms with van der Waals surface area (Å²) in [5.41, 5.74) is 5.55. The molecule has 1 aromatic heterocycles. The Labute approximate surface area is 139 Å². The third-order valence-corrected chi connectivity index (χ3v) is 3.62. The monoisotopic (exact) mass is 353 g/mol. The van der Waals surface area contributed by atoms with Crippen molar-refractivity contribution < 1.29 is 22.0 Å². The van der Waals surface area contributed by atoms with Crippen LogP contribution < -0.4 is 5.73 Å². The van der Waals surface area contributed by atoms with Crippen molar-refractivity contribution in [1.82, 2.24) is 9.55 Å². The zero-order chi connectivity index (χ0) is 18.2. The molecule has 0 aliphatic rings. The first-order valence-corrected chi connectivity index (χ1v) is 7.22. The number of nitrogens with zero attached hydrogens (tertiary/aromatic N) is 2. The number of benzene rings is 2.